The maximum absolute atomic E-state index is 13.0. The van der Waals surface area contributed by atoms with Crippen LogP contribution in [-0.4, -0.2) is 60.2 Å². The average Bonchev–Trinajstić information content (AvgIpc) is 3.30. The first-order valence-corrected chi connectivity index (χ1v) is 13.5. The van der Waals surface area contributed by atoms with Gasteiger partial charge in [0.05, 0.1) is 17.8 Å². The Hall–Kier alpha value is -2.55. The summed E-state index contributed by atoms with van der Waals surface area (Å²) < 4.78 is 10.8. The van der Waals surface area contributed by atoms with Crippen molar-refractivity contribution in [2.45, 2.75) is 51.1 Å². The van der Waals surface area contributed by atoms with Crippen LogP contribution in [0.4, 0.5) is 0 Å². The van der Waals surface area contributed by atoms with E-state index >= 15 is 0 Å². The van der Waals surface area contributed by atoms with E-state index in [1.54, 1.807) is 24.6 Å². The molecule has 0 saturated heterocycles. The summed E-state index contributed by atoms with van der Waals surface area (Å²) in [4.78, 5) is 25.9. The van der Waals surface area contributed by atoms with E-state index in [4.69, 9.17) is 14.5 Å². The van der Waals surface area contributed by atoms with E-state index in [1.807, 2.05) is 30.3 Å². The molecule has 1 aliphatic heterocycles. The zero-order chi connectivity index (χ0) is 24.0. The molecular formula is C27H34N4O3S. The molecule has 8 heteroatoms. The number of hydrogen-bond donors (Lipinski definition) is 1. The highest BCUT2D eigenvalue weighted by atomic mass is 32.1. The van der Waals surface area contributed by atoms with E-state index in [-0.39, 0.29) is 11.9 Å². The van der Waals surface area contributed by atoms with Crippen LogP contribution >= 0.6 is 11.3 Å². The van der Waals surface area contributed by atoms with Crippen molar-refractivity contribution in [2.24, 2.45) is 5.92 Å². The standard InChI is InChI=1S/C27H34N4O3S/c1-33-16-17-34-27-30-24-18-31(15-12-25(24)35-27)14-11-19-7-9-20(10-8-19)29-26(32)22-4-2-6-23-21(22)5-3-13-28-23/h2-6,13,19-20H,7-12,14-18H2,1H3,(H,29,32). The van der Waals surface area contributed by atoms with Crippen molar-refractivity contribution in [3.8, 4) is 5.19 Å². The minimum atomic E-state index is 0.0185. The molecule has 1 aromatic carbocycles. The Morgan fingerprint density at radius 1 is 1.17 bits per heavy atom. The Balaban J connectivity index is 1.06. The maximum atomic E-state index is 13.0. The highest BCUT2D eigenvalue weighted by molar-refractivity contribution is 7.13. The first kappa shape index (κ1) is 24.2. The number of rotatable bonds is 9. The highest BCUT2D eigenvalue weighted by Crippen LogP contribution is 2.31. The predicted octanol–water partition coefficient (Wildman–Crippen LogP) is 4.45. The van der Waals surface area contributed by atoms with Gasteiger partial charge in [0.2, 0.25) is 0 Å². The Labute approximate surface area is 210 Å². The van der Waals surface area contributed by atoms with Crippen LogP contribution in [0.2, 0.25) is 0 Å². The number of nitrogens with zero attached hydrogens (tertiary/aromatic N) is 3. The van der Waals surface area contributed by atoms with Gasteiger partial charge in [0.15, 0.2) is 0 Å². The van der Waals surface area contributed by atoms with Crippen LogP contribution < -0.4 is 10.1 Å². The third kappa shape index (κ3) is 6.00. The van der Waals surface area contributed by atoms with E-state index in [0.29, 0.717) is 13.2 Å². The number of ether oxygens (including phenoxy) is 2. The zero-order valence-corrected chi connectivity index (χ0v) is 21.2. The van der Waals surface area contributed by atoms with Gasteiger partial charge in [0.1, 0.15) is 6.61 Å². The molecule has 0 unspecified atom stereocenters. The fraction of sp³-hybridized carbons (Fsp3) is 0.519. The quantitative estimate of drug-likeness (QED) is 0.443. The molecule has 1 amide bonds. The first-order chi connectivity index (χ1) is 17.2. The van der Waals surface area contributed by atoms with Gasteiger partial charge in [-0.25, -0.2) is 4.98 Å². The van der Waals surface area contributed by atoms with Crippen molar-refractivity contribution >= 4 is 28.1 Å². The lowest BCUT2D eigenvalue weighted by Crippen LogP contribution is -2.38. The lowest BCUT2D eigenvalue weighted by atomic mass is 9.84. The van der Waals surface area contributed by atoms with E-state index in [9.17, 15) is 4.79 Å². The second-order valence-corrected chi connectivity index (χ2v) is 10.6. The molecule has 0 radical (unpaired) electrons. The minimum Gasteiger partial charge on any atom is -0.468 e. The smallest absolute Gasteiger partial charge is 0.273 e. The van der Waals surface area contributed by atoms with Crippen LogP contribution in [0, 0.1) is 5.92 Å². The van der Waals surface area contributed by atoms with Gasteiger partial charge in [0, 0.05) is 48.3 Å². The molecule has 1 N–H and O–H groups in total. The number of aromatic nitrogens is 2. The molecule has 3 aromatic rings. The van der Waals surface area contributed by atoms with Gasteiger partial charge < -0.3 is 14.8 Å². The molecule has 1 fully saturated rings. The second kappa shape index (κ2) is 11.5. The van der Waals surface area contributed by atoms with Crippen LogP contribution in [-0.2, 0) is 17.7 Å². The van der Waals surface area contributed by atoms with E-state index in [2.05, 4.69) is 15.2 Å². The number of carbonyl (C=O) groups is 1. The molecule has 2 aromatic heterocycles. The molecule has 0 atom stereocenters. The summed E-state index contributed by atoms with van der Waals surface area (Å²) >= 11 is 1.68. The molecule has 3 heterocycles. The van der Waals surface area contributed by atoms with E-state index in [1.165, 1.54) is 29.8 Å². The summed E-state index contributed by atoms with van der Waals surface area (Å²) in [7, 11) is 1.68. The fourth-order valence-electron chi connectivity index (χ4n) is 5.22. The van der Waals surface area contributed by atoms with Crippen molar-refractivity contribution in [1.29, 1.82) is 0 Å². The third-order valence-electron chi connectivity index (χ3n) is 7.23. The van der Waals surface area contributed by atoms with Gasteiger partial charge in [-0.2, -0.15) is 0 Å². The lowest BCUT2D eigenvalue weighted by Gasteiger charge is -2.32. The molecule has 35 heavy (non-hydrogen) atoms. The average molecular weight is 495 g/mol. The second-order valence-electron chi connectivity index (χ2n) is 9.57. The summed E-state index contributed by atoms with van der Waals surface area (Å²) in [6.45, 7) is 4.27. The van der Waals surface area contributed by atoms with Gasteiger partial charge in [0.25, 0.3) is 11.1 Å². The van der Waals surface area contributed by atoms with Gasteiger partial charge in [-0.1, -0.05) is 23.5 Å². The zero-order valence-electron chi connectivity index (χ0n) is 20.4. The van der Waals surface area contributed by atoms with Gasteiger partial charge in [-0.3, -0.25) is 14.7 Å². The Morgan fingerprint density at radius 2 is 2.06 bits per heavy atom. The summed E-state index contributed by atoms with van der Waals surface area (Å²) in [6, 6.07) is 9.87. The van der Waals surface area contributed by atoms with Gasteiger partial charge >= 0.3 is 0 Å². The lowest BCUT2D eigenvalue weighted by molar-refractivity contribution is 0.0921. The summed E-state index contributed by atoms with van der Waals surface area (Å²) in [5, 5.41) is 4.97. The monoisotopic (exact) mass is 494 g/mol. The SMILES string of the molecule is COCCOc1nc2c(s1)CCN(CCC1CCC(NC(=O)c3cccc4ncccc34)CC1)C2. The number of benzene rings is 1. The molecule has 0 bridgehead atoms. The fourth-order valence-corrected chi connectivity index (χ4v) is 6.15. The number of hydrogen-bond acceptors (Lipinski definition) is 7. The summed E-state index contributed by atoms with van der Waals surface area (Å²) in [6.07, 6.45) is 8.50. The summed E-state index contributed by atoms with van der Waals surface area (Å²) in [5.41, 5.74) is 2.77. The number of carbonyl (C=O) groups excluding carboxylic acids is 1. The number of methoxy groups -OCH3 is 1. The largest absolute Gasteiger partial charge is 0.468 e. The molecule has 5 rings (SSSR count). The Morgan fingerprint density at radius 3 is 2.91 bits per heavy atom. The number of thiazole rings is 1. The number of pyridine rings is 1. The molecule has 1 saturated carbocycles. The number of nitrogens with one attached hydrogen (secondary N) is 1. The van der Waals surface area contributed by atoms with E-state index < -0.39 is 0 Å². The highest BCUT2D eigenvalue weighted by Gasteiger charge is 2.26. The molecular weight excluding hydrogens is 460 g/mol. The van der Waals surface area contributed by atoms with Gasteiger partial charge in [-0.15, -0.1) is 0 Å². The van der Waals surface area contributed by atoms with Crippen molar-refractivity contribution in [3.05, 3.63) is 52.7 Å². The third-order valence-corrected chi connectivity index (χ3v) is 8.30. The van der Waals surface area contributed by atoms with Crippen molar-refractivity contribution in [2.75, 3.05) is 33.4 Å². The van der Waals surface area contributed by atoms with Crippen molar-refractivity contribution < 1.29 is 14.3 Å². The van der Waals surface area contributed by atoms with Crippen LogP contribution in [0.5, 0.6) is 5.19 Å². The molecule has 1 aliphatic carbocycles. The molecule has 7 nitrogen and oxygen atoms in total. The molecule has 2 aliphatic rings. The van der Waals surface area contributed by atoms with Crippen molar-refractivity contribution in [3.63, 3.8) is 0 Å². The van der Waals surface area contributed by atoms with Gasteiger partial charge in [-0.05, 0) is 69.2 Å². The molecule has 0 spiro atoms. The van der Waals surface area contributed by atoms with Crippen LogP contribution in [0.15, 0.2) is 36.5 Å². The van der Waals surface area contributed by atoms with Crippen LogP contribution in [0.1, 0.15) is 53.0 Å². The molecule has 186 valence electrons. The van der Waals surface area contributed by atoms with E-state index in [0.717, 1.165) is 66.5 Å². The topological polar surface area (TPSA) is 76.6 Å². The minimum absolute atomic E-state index is 0.0185. The van der Waals surface area contributed by atoms with Crippen molar-refractivity contribution in [1.82, 2.24) is 20.2 Å². The normalized spacial score (nSPS) is 20.5. The Bertz CT molecular complexity index is 1140. The van der Waals surface area contributed by atoms with Crippen LogP contribution in [0.25, 0.3) is 10.9 Å². The number of amides is 1. The number of fused-ring (bicyclic) bond motifs is 2. The van der Waals surface area contributed by atoms with Crippen LogP contribution in [0.3, 0.4) is 0 Å². The first-order valence-electron chi connectivity index (χ1n) is 12.7. The maximum Gasteiger partial charge on any atom is 0.273 e. The Kier molecular flexibility index (Phi) is 7.91. The predicted molar refractivity (Wildman–Crippen MR) is 138 cm³/mol. The summed E-state index contributed by atoms with van der Waals surface area (Å²) in [5.74, 6) is 0.750.